The van der Waals surface area contributed by atoms with E-state index in [-0.39, 0.29) is 39.5 Å². The number of hydrogen-bond acceptors (Lipinski definition) is 11. The van der Waals surface area contributed by atoms with Crippen molar-refractivity contribution in [3.8, 4) is 0 Å². The van der Waals surface area contributed by atoms with Crippen LogP contribution in [0.3, 0.4) is 0 Å². The van der Waals surface area contributed by atoms with Gasteiger partial charge in [0.15, 0.2) is 0 Å². The predicted molar refractivity (Wildman–Crippen MR) is 141 cm³/mol. The molecule has 0 fully saturated rings. The van der Waals surface area contributed by atoms with E-state index in [1.165, 1.54) is 0 Å². The summed E-state index contributed by atoms with van der Waals surface area (Å²) in [6, 6.07) is 0. The van der Waals surface area contributed by atoms with E-state index in [0.29, 0.717) is 85.9 Å². The van der Waals surface area contributed by atoms with E-state index in [1.807, 2.05) is 6.92 Å². The van der Waals surface area contributed by atoms with Gasteiger partial charge in [-0.15, -0.1) is 0 Å². The van der Waals surface area contributed by atoms with Crippen LogP contribution in [0.4, 0.5) is 0 Å². The summed E-state index contributed by atoms with van der Waals surface area (Å²) in [5.41, 5.74) is 24.3. The van der Waals surface area contributed by atoms with Gasteiger partial charge in [-0.1, -0.05) is 22.3 Å². The molecule has 0 atom stereocenters. The molecule has 0 saturated carbocycles. The molecule has 0 amide bonds. The summed E-state index contributed by atoms with van der Waals surface area (Å²) < 4.78 is 45.3. The van der Waals surface area contributed by atoms with Crippen LogP contribution in [0.1, 0.15) is 13.3 Å². The van der Waals surface area contributed by atoms with Crippen LogP contribution < -0.4 is 0 Å². The van der Waals surface area contributed by atoms with Gasteiger partial charge >= 0.3 is 0 Å². The Kier molecular flexibility index (Phi) is 28.3. The molecule has 0 saturated heterocycles. The van der Waals surface area contributed by atoms with Crippen LogP contribution in [-0.2, 0) is 37.9 Å². The molecule has 0 aromatic heterocycles. The molecule has 0 heterocycles. The number of nitrogens with zero attached hydrogens (tertiary/aromatic N) is 9. The Labute approximate surface area is 229 Å². The minimum absolute atomic E-state index is 0.256. The van der Waals surface area contributed by atoms with Crippen molar-refractivity contribution in [1.29, 1.82) is 0 Å². The van der Waals surface area contributed by atoms with Gasteiger partial charge in [0, 0.05) is 41.0 Å². The summed E-state index contributed by atoms with van der Waals surface area (Å²) in [5.74, 6) is 0. The maximum Gasteiger partial charge on any atom is 0.0700 e. The van der Waals surface area contributed by atoms with Gasteiger partial charge < -0.3 is 37.9 Å². The maximum absolute atomic E-state index is 8.32. The fraction of sp³-hybridized carbons (Fsp3) is 1.00. The van der Waals surface area contributed by atoms with Gasteiger partial charge in [0.05, 0.1) is 105 Å². The Morgan fingerprint density at radius 3 is 1.00 bits per heavy atom. The zero-order chi connectivity index (χ0) is 28.5. The third-order valence-corrected chi connectivity index (χ3v) is 4.67. The smallest absolute Gasteiger partial charge is 0.0700 e. The van der Waals surface area contributed by atoms with Crippen LogP contribution in [0.15, 0.2) is 15.3 Å². The summed E-state index contributed by atoms with van der Waals surface area (Å²) in [5, 5.41) is 10.3. The molecule has 17 heteroatoms. The van der Waals surface area contributed by atoms with Crippen molar-refractivity contribution >= 4 is 0 Å². The maximum atomic E-state index is 8.32. The van der Waals surface area contributed by atoms with Crippen LogP contribution in [0.25, 0.3) is 31.3 Å². The monoisotopic (exact) mass is 561 g/mol. The quantitative estimate of drug-likeness (QED) is 0.0526. The summed E-state index contributed by atoms with van der Waals surface area (Å²) >= 11 is 0. The second-order valence-corrected chi connectivity index (χ2v) is 8.02. The van der Waals surface area contributed by atoms with Crippen molar-refractivity contribution in [2.24, 2.45) is 20.8 Å². The molecule has 0 aromatic carbocycles. The molecule has 0 unspecified atom stereocenters. The molecule has 0 bridgehead atoms. The SMILES string of the molecule is CCCOCCOCC(COCCOCCN=[N+]=[N-])(COCCOCCN=[N+]=[N-])COCCOCCN=[N+]=[N-]. The van der Waals surface area contributed by atoms with Crippen molar-refractivity contribution in [3.05, 3.63) is 31.3 Å². The fourth-order valence-electron chi connectivity index (χ4n) is 2.88. The molecular formula is C22H43N9O8. The van der Waals surface area contributed by atoms with E-state index in [0.717, 1.165) is 6.42 Å². The molecular weight excluding hydrogens is 518 g/mol. The van der Waals surface area contributed by atoms with Crippen LogP contribution in [-0.4, -0.2) is 125 Å². The second kappa shape index (κ2) is 30.2. The largest absolute Gasteiger partial charge is 0.379 e. The first-order valence-corrected chi connectivity index (χ1v) is 12.9. The van der Waals surface area contributed by atoms with Crippen molar-refractivity contribution in [1.82, 2.24) is 0 Å². The van der Waals surface area contributed by atoms with Crippen molar-refractivity contribution in [2.45, 2.75) is 13.3 Å². The van der Waals surface area contributed by atoms with E-state index in [2.05, 4.69) is 30.1 Å². The molecule has 39 heavy (non-hydrogen) atoms. The van der Waals surface area contributed by atoms with Crippen molar-refractivity contribution < 1.29 is 37.9 Å². The molecule has 0 rings (SSSR count). The van der Waals surface area contributed by atoms with E-state index in [4.69, 9.17) is 54.5 Å². The van der Waals surface area contributed by atoms with Crippen molar-refractivity contribution in [3.63, 3.8) is 0 Å². The highest BCUT2D eigenvalue weighted by Gasteiger charge is 2.32. The fourth-order valence-corrected chi connectivity index (χ4v) is 2.88. The number of ether oxygens (including phenoxy) is 8. The standard InChI is InChI=1S/C22H43N9O8/c1-2-6-32-10-14-36-18-22(19-37-15-11-33-7-3-26-29-23,20-38-16-12-34-8-4-27-30-24)21-39-17-13-35-9-5-28-31-25/h2-21H2,1H3. The number of rotatable bonds is 31. The highest BCUT2D eigenvalue weighted by atomic mass is 16.6. The lowest BCUT2D eigenvalue weighted by atomic mass is 9.92. The van der Waals surface area contributed by atoms with E-state index in [9.17, 15) is 0 Å². The van der Waals surface area contributed by atoms with Gasteiger partial charge in [-0.3, -0.25) is 0 Å². The molecule has 0 aliphatic rings. The summed E-state index contributed by atoms with van der Waals surface area (Å²) in [6.45, 7) is 8.40. The van der Waals surface area contributed by atoms with Gasteiger partial charge in [-0.05, 0) is 23.0 Å². The molecule has 0 aliphatic heterocycles. The minimum Gasteiger partial charge on any atom is -0.379 e. The highest BCUT2D eigenvalue weighted by Crippen LogP contribution is 2.21. The molecule has 0 radical (unpaired) electrons. The zero-order valence-electron chi connectivity index (χ0n) is 22.9. The second-order valence-electron chi connectivity index (χ2n) is 8.02. The van der Waals surface area contributed by atoms with Crippen LogP contribution in [0, 0.1) is 5.41 Å². The molecule has 0 aliphatic carbocycles. The Bertz CT molecular complexity index is 624. The normalized spacial score (nSPS) is 12.2. The third kappa shape index (κ3) is 25.6. The first-order chi connectivity index (χ1) is 19.2. The number of hydrogen-bond donors (Lipinski definition) is 0. The molecule has 17 nitrogen and oxygen atoms in total. The van der Waals surface area contributed by atoms with E-state index >= 15 is 0 Å². The molecule has 0 spiro atoms. The van der Waals surface area contributed by atoms with Crippen LogP contribution >= 0.6 is 0 Å². The molecule has 0 aromatic rings. The van der Waals surface area contributed by atoms with Gasteiger partial charge in [0.2, 0.25) is 0 Å². The molecule has 0 N–H and O–H groups in total. The third-order valence-electron chi connectivity index (χ3n) is 4.67. The summed E-state index contributed by atoms with van der Waals surface area (Å²) in [7, 11) is 0. The lowest BCUT2D eigenvalue weighted by molar-refractivity contribution is -0.121. The number of azide groups is 3. The van der Waals surface area contributed by atoms with Crippen molar-refractivity contribution in [2.75, 3.05) is 125 Å². The lowest BCUT2D eigenvalue weighted by Gasteiger charge is -2.33. The average molecular weight is 562 g/mol. The Morgan fingerprint density at radius 1 is 0.436 bits per heavy atom. The zero-order valence-corrected chi connectivity index (χ0v) is 22.9. The van der Waals surface area contributed by atoms with Gasteiger partial charge in [-0.2, -0.15) is 0 Å². The lowest BCUT2D eigenvalue weighted by Crippen LogP contribution is -2.43. The minimum atomic E-state index is -0.633. The first kappa shape index (κ1) is 36.6. The van der Waals surface area contributed by atoms with Crippen LogP contribution in [0.2, 0.25) is 0 Å². The van der Waals surface area contributed by atoms with E-state index < -0.39 is 5.41 Å². The summed E-state index contributed by atoms with van der Waals surface area (Å²) in [4.78, 5) is 8.05. The first-order valence-electron chi connectivity index (χ1n) is 12.9. The summed E-state index contributed by atoms with van der Waals surface area (Å²) in [6.07, 6.45) is 0.931. The Morgan fingerprint density at radius 2 is 0.718 bits per heavy atom. The van der Waals surface area contributed by atoms with E-state index in [1.54, 1.807) is 0 Å². The van der Waals surface area contributed by atoms with Crippen LogP contribution in [0.5, 0.6) is 0 Å². The average Bonchev–Trinajstić information content (AvgIpc) is 2.95. The predicted octanol–water partition coefficient (Wildman–Crippen LogP) is 3.45. The van der Waals surface area contributed by atoms with Gasteiger partial charge in [-0.25, -0.2) is 0 Å². The highest BCUT2D eigenvalue weighted by molar-refractivity contribution is 4.79. The Hall–Kier alpha value is -2.39. The van der Waals surface area contributed by atoms with Gasteiger partial charge in [0.25, 0.3) is 0 Å². The topological polar surface area (TPSA) is 220 Å². The van der Waals surface area contributed by atoms with Gasteiger partial charge in [0.1, 0.15) is 0 Å². The Balaban J connectivity index is 4.87. The molecule has 224 valence electrons.